The van der Waals surface area contributed by atoms with Crippen LogP contribution in [0, 0.1) is 5.92 Å². The number of nitrogens with two attached hydrogens (primary N) is 5. The van der Waals surface area contributed by atoms with E-state index in [0.717, 1.165) is 0 Å². The number of hydrogen-bond donors (Lipinski definition) is 9. The Labute approximate surface area is 326 Å². The van der Waals surface area contributed by atoms with Crippen molar-refractivity contribution in [2.45, 2.75) is 121 Å². The van der Waals surface area contributed by atoms with Crippen molar-refractivity contribution in [3.05, 3.63) is 0 Å². The van der Waals surface area contributed by atoms with E-state index < -0.39 is 71.8 Å². The van der Waals surface area contributed by atoms with E-state index in [-0.39, 0.29) is 88.6 Å². The first-order valence-electron chi connectivity index (χ1n) is 19.5. The van der Waals surface area contributed by atoms with Gasteiger partial charge in [0, 0.05) is 32.7 Å². The Balaban J connectivity index is 1.83. The zero-order chi connectivity index (χ0) is 41.5. The predicted octanol–water partition coefficient (Wildman–Crippen LogP) is -3.39. The fourth-order valence-corrected chi connectivity index (χ4v) is 7.45. The Hall–Kier alpha value is -5.21. The summed E-state index contributed by atoms with van der Waals surface area (Å²) < 4.78 is 0. The number of carbonyl (C=O) groups is 7. The summed E-state index contributed by atoms with van der Waals surface area (Å²) in [7, 11) is 0. The van der Waals surface area contributed by atoms with Crippen LogP contribution in [0.4, 0.5) is 0 Å². The molecular formula is C35H61N13O8. The predicted molar refractivity (Wildman–Crippen MR) is 206 cm³/mol. The number of guanidine groups is 2. The van der Waals surface area contributed by atoms with Crippen molar-refractivity contribution in [1.29, 1.82) is 0 Å². The van der Waals surface area contributed by atoms with Gasteiger partial charge in [0.2, 0.25) is 35.4 Å². The first kappa shape index (κ1) is 45.2. The normalized spacial score (nSPS) is 21.3. The quantitative estimate of drug-likeness (QED) is 0.0331. The lowest BCUT2D eigenvalue weighted by molar-refractivity contribution is -0.150. The molecular weight excluding hydrogens is 730 g/mol. The Morgan fingerprint density at radius 3 is 1.62 bits per heavy atom. The molecule has 3 aliphatic heterocycles. The maximum atomic E-state index is 14.3. The van der Waals surface area contributed by atoms with Gasteiger partial charge >= 0.3 is 5.97 Å². The molecule has 314 valence electrons. The molecule has 3 rings (SSSR count). The summed E-state index contributed by atoms with van der Waals surface area (Å²) in [5.74, 6) is -4.98. The minimum absolute atomic E-state index is 0.0895. The fraction of sp³-hybridized carbons (Fsp3) is 0.743. The number of aliphatic imine (C=N–C) groups is 2. The van der Waals surface area contributed by atoms with Crippen LogP contribution in [0.2, 0.25) is 0 Å². The lowest BCUT2D eigenvalue weighted by atomic mass is 9.96. The zero-order valence-corrected chi connectivity index (χ0v) is 32.5. The average Bonchev–Trinajstić information content (AvgIpc) is 3.96. The molecule has 0 spiro atoms. The van der Waals surface area contributed by atoms with Gasteiger partial charge in [-0.1, -0.05) is 20.3 Å². The molecule has 0 aromatic heterocycles. The highest BCUT2D eigenvalue weighted by atomic mass is 16.4. The number of nitrogens with zero attached hydrogens (tertiary/aromatic N) is 5. The summed E-state index contributed by atoms with van der Waals surface area (Å²) >= 11 is 0. The molecule has 6 amide bonds. The molecule has 0 aromatic rings. The number of hydrogen-bond acceptors (Lipinski definition) is 10. The number of carboxylic acid groups (broad SMARTS) is 1. The molecule has 0 radical (unpaired) electrons. The van der Waals surface area contributed by atoms with Gasteiger partial charge < -0.3 is 64.4 Å². The van der Waals surface area contributed by atoms with Gasteiger partial charge in [-0.15, -0.1) is 0 Å². The molecule has 3 heterocycles. The maximum absolute atomic E-state index is 14.3. The lowest BCUT2D eigenvalue weighted by Gasteiger charge is -2.32. The monoisotopic (exact) mass is 791 g/mol. The van der Waals surface area contributed by atoms with Crippen LogP contribution < -0.4 is 44.6 Å². The summed E-state index contributed by atoms with van der Waals surface area (Å²) in [6.45, 7) is 4.49. The van der Waals surface area contributed by atoms with Crippen molar-refractivity contribution >= 4 is 53.3 Å². The highest BCUT2D eigenvalue weighted by molar-refractivity contribution is 5.97. The van der Waals surface area contributed by atoms with Gasteiger partial charge in [0.25, 0.3) is 0 Å². The van der Waals surface area contributed by atoms with Crippen molar-refractivity contribution in [1.82, 2.24) is 30.7 Å². The van der Waals surface area contributed by atoms with Gasteiger partial charge in [-0.05, 0) is 70.1 Å². The van der Waals surface area contributed by atoms with Gasteiger partial charge in [-0.2, -0.15) is 0 Å². The van der Waals surface area contributed by atoms with Gasteiger partial charge in [-0.25, -0.2) is 4.79 Å². The molecule has 3 saturated heterocycles. The number of nitrogens with one attached hydrogen (secondary N) is 3. The number of aliphatic carboxylic acids is 1. The van der Waals surface area contributed by atoms with Crippen molar-refractivity contribution in [3.8, 4) is 0 Å². The summed E-state index contributed by atoms with van der Waals surface area (Å²) in [5.41, 5.74) is 27.4. The second-order valence-electron chi connectivity index (χ2n) is 14.6. The van der Waals surface area contributed by atoms with Crippen LogP contribution >= 0.6 is 0 Å². The first-order chi connectivity index (χ1) is 26.6. The Morgan fingerprint density at radius 1 is 0.696 bits per heavy atom. The van der Waals surface area contributed by atoms with E-state index in [9.17, 15) is 38.7 Å². The SMILES string of the molecule is CCC(C)C(NC(=O)C1CCCN1C(=O)CN)C(=O)NC(CCCN=C(N)N)C(=O)N1CCCC1C(=O)NC(CCCN=C(N)N)C(=O)N1CCCC1C(=O)O. The van der Waals surface area contributed by atoms with Crippen LogP contribution in [0.15, 0.2) is 9.98 Å². The summed E-state index contributed by atoms with van der Waals surface area (Å²) in [4.78, 5) is 106. The summed E-state index contributed by atoms with van der Waals surface area (Å²) in [6.07, 6.45) is 3.81. The van der Waals surface area contributed by atoms with Gasteiger partial charge in [0.1, 0.15) is 36.3 Å². The Morgan fingerprint density at radius 2 is 1.14 bits per heavy atom. The molecule has 0 bridgehead atoms. The number of amides is 6. The molecule has 7 atom stereocenters. The molecule has 14 N–H and O–H groups in total. The molecule has 3 fully saturated rings. The van der Waals surface area contributed by atoms with Gasteiger partial charge in [-0.3, -0.25) is 38.8 Å². The topological polar surface area (TPSA) is 340 Å². The van der Waals surface area contributed by atoms with Crippen LogP contribution in [0.5, 0.6) is 0 Å². The Bertz CT molecular complexity index is 1480. The number of carboxylic acids is 1. The first-order valence-corrected chi connectivity index (χ1v) is 19.5. The molecule has 0 aliphatic carbocycles. The smallest absolute Gasteiger partial charge is 0.326 e. The number of likely N-dealkylation sites (tertiary alicyclic amines) is 3. The van der Waals surface area contributed by atoms with E-state index in [0.29, 0.717) is 45.1 Å². The molecule has 56 heavy (non-hydrogen) atoms. The lowest BCUT2D eigenvalue weighted by Crippen LogP contribution is -2.60. The molecule has 0 saturated carbocycles. The van der Waals surface area contributed by atoms with Crippen molar-refractivity contribution in [2.24, 2.45) is 44.6 Å². The molecule has 21 heteroatoms. The molecule has 7 unspecified atom stereocenters. The highest BCUT2D eigenvalue weighted by Gasteiger charge is 2.42. The fourth-order valence-electron chi connectivity index (χ4n) is 7.45. The molecule has 3 aliphatic rings. The van der Waals surface area contributed by atoms with E-state index in [1.165, 1.54) is 14.7 Å². The van der Waals surface area contributed by atoms with Crippen molar-refractivity contribution in [3.63, 3.8) is 0 Å². The molecule has 21 nitrogen and oxygen atoms in total. The van der Waals surface area contributed by atoms with E-state index in [2.05, 4.69) is 25.9 Å². The van der Waals surface area contributed by atoms with E-state index in [4.69, 9.17) is 28.7 Å². The summed E-state index contributed by atoms with van der Waals surface area (Å²) in [5, 5.41) is 18.1. The minimum Gasteiger partial charge on any atom is -0.480 e. The van der Waals surface area contributed by atoms with Crippen LogP contribution in [-0.4, -0.2) is 149 Å². The highest BCUT2D eigenvalue weighted by Crippen LogP contribution is 2.23. The van der Waals surface area contributed by atoms with Gasteiger partial charge in [0.15, 0.2) is 11.9 Å². The molecule has 0 aromatic carbocycles. The second kappa shape index (κ2) is 21.8. The van der Waals surface area contributed by atoms with Crippen LogP contribution in [0.1, 0.15) is 84.5 Å². The number of carbonyl (C=O) groups excluding carboxylic acids is 6. The van der Waals surface area contributed by atoms with E-state index >= 15 is 0 Å². The van der Waals surface area contributed by atoms with Crippen molar-refractivity contribution in [2.75, 3.05) is 39.3 Å². The number of rotatable bonds is 20. The average molecular weight is 792 g/mol. The standard InChI is InChI=1S/C35H61N13O8/c1-3-20(2)27(45-29(51)23-11-6-16-46(23)26(49)19-36)30(52)44-22(10-5-15-42-35(39)40)31(53)47-17-7-12-24(47)28(50)43-21(9-4-14-41-34(37)38)32(54)48-18-8-13-25(48)33(55)56/h20-25,27H,3-19,36H2,1-2H3,(H,43,50)(H,44,52)(H,45,51)(H,55,56)(H4,37,38,41)(H4,39,40,42). The third-order valence-electron chi connectivity index (χ3n) is 10.6. The van der Waals surface area contributed by atoms with Crippen LogP contribution in [0.3, 0.4) is 0 Å². The largest absolute Gasteiger partial charge is 0.480 e. The minimum atomic E-state index is -1.15. The third kappa shape index (κ3) is 12.4. The second-order valence-corrected chi connectivity index (χ2v) is 14.6. The van der Waals surface area contributed by atoms with Gasteiger partial charge in [0.05, 0.1) is 6.54 Å². The van der Waals surface area contributed by atoms with Crippen molar-refractivity contribution < 1.29 is 38.7 Å². The Kier molecular flexibility index (Phi) is 17.6. The maximum Gasteiger partial charge on any atom is 0.326 e. The van der Waals surface area contributed by atoms with E-state index in [1.54, 1.807) is 6.92 Å². The van der Waals surface area contributed by atoms with Crippen LogP contribution in [0.25, 0.3) is 0 Å². The zero-order valence-electron chi connectivity index (χ0n) is 32.5. The summed E-state index contributed by atoms with van der Waals surface area (Å²) in [6, 6.07) is -6.12. The third-order valence-corrected chi connectivity index (χ3v) is 10.6. The van der Waals surface area contributed by atoms with E-state index in [1.807, 2.05) is 6.92 Å². The van der Waals surface area contributed by atoms with Crippen LogP contribution in [-0.2, 0) is 33.6 Å².